The molecule has 1 N–H and O–H groups in total. The second-order valence-electron chi connectivity index (χ2n) is 6.33. The van der Waals surface area contributed by atoms with Crippen LogP contribution in [0.5, 0.6) is 11.6 Å². The van der Waals surface area contributed by atoms with E-state index in [2.05, 4.69) is 16.9 Å². The van der Waals surface area contributed by atoms with Crippen LogP contribution in [0.1, 0.15) is 18.1 Å². The van der Waals surface area contributed by atoms with Crippen molar-refractivity contribution in [3.05, 3.63) is 88.4 Å². The smallest absolute Gasteiger partial charge is 0.269 e. The highest BCUT2D eigenvalue weighted by Crippen LogP contribution is 2.24. The number of nitriles is 1. The van der Waals surface area contributed by atoms with Crippen LogP contribution in [0.2, 0.25) is 0 Å². The van der Waals surface area contributed by atoms with E-state index in [-0.39, 0.29) is 23.6 Å². The third-order valence-electron chi connectivity index (χ3n) is 4.34. The quantitative estimate of drug-likeness (QED) is 0.373. The number of pyridine rings is 1. The number of rotatable bonds is 7. The molecule has 1 aromatic carbocycles. The molecule has 0 aliphatic rings. The van der Waals surface area contributed by atoms with Gasteiger partial charge in [-0.05, 0) is 42.3 Å². The van der Waals surface area contributed by atoms with Crippen LogP contribution in [-0.2, 0) is 11.2 Å². The monoisotopic (exact) mass is 400 g/mol. The van der Waals surface area contributed by atoms with Gasteiger partial charge < -0.3 is 10.1 Å². The molecule has 7 heteroatoms. The molecular weight excluding hydrogens is 380 g/mol. The highest BCUT2D eigenvalue weighted by Gasteiger charge is 2.17. The number of benzene rings is 1. The molecule has 0 saturated heterocycles. The number of nitrogens with zero attached hydrogens (tertiary/aromatic N) is 3. The largest absolute Gasteiger partial charge is 0.438 e. The lowest BCUT2D eigenvalue weighted by Crippen LogP contribution is -2.25. The van der Waals surface area contributed by atoms with Crippen LogP contribution in [0.4, 0.5) is 0 Å². The van der Waals surface area contributed by atoms with Crippen molar-refractivity contribution in [2.75, 3.05) is 6.54 Å². The Morgan fingerprint density at radius 2 is 2.07 bits per heavy atom. The average Bonchev–Trinajstić information content (AvgIpc) is 2.78. The van der Waals surface area contributed by atoms with Crippen molar-refractivity contribution in [2.24, 2.45) is 0 Å². The summed E-state index contributed by atoms with van der Waals surface area (Å²) in [6.07, 6.45) is 5.14. The number of aromatic nitrogens is 2. The number of hydrogen-bond donors (Lipinski definition) is 1. The molecule has 7 nitrogen and oxygen atoms in total. The summed E-state index contributed by atoms with van der Waals surface area (Å²) in [5.41, 5.74) is 0.834. The summed E-state index contributed by atoms with van der Waals surface area (Å²) in [5.74, 6) is -0.114. The number of aryl methyl sites for hydroxylation is 1. The summed E-state index contributed by atoms with van der Waals surface area (Å²) >= 11 is 0. The maximum Gasteiger partial charge on any atom is 0.269 e. The SMILES string of the molecule is C=CCNC(=O)C(C#N)=Cc1c(Oc2ccc(CC)cc2)nc2ccccn2c1=O. The normalized spacial score (nSPS) is 11.0. The van der Waals surface area contributed by atoms with Gasteiger partial charge in [-0.3, -0.25) is 14.0 Å². The van der Waals surface area contributed by atoms with E-state index in [0.29, 0.717) is 11.4 Å². The van der Waals surface area contributed by atoms with Crippen molar-refractivity contribution in [1.82, 2.24) is 14.7 Å². The Morgan fingerprint density at radius 1 is 1.30 bits per heavy atom. The summed E-state index contributed by atoms with van der Waals surface area (Å²) < 4.78 is 7.21. The Hall–Kier alpha value is -4.18. The van der Waals surface area contributed by atoms with Gasteiger partial charge in [0.15, 0.2) is 0 Å². The molecule has 150 valence electrons. The van der Waals surface area contributed by atoms with Crippen molar-refractivity contribution in [1.29, 1.82) is 5.26 Å². The summed E-state index contributed by atoms with van der Waals surface area (Å²) in [6, 6.07) is 14.3. The Balaban J connectivity index is 2.13. The van der Waals surface area contributed by atoms with E-state index in [1.165, 1.54) is 16.6 Å². The molecule has 0 aliphatic carbocycles. The van der Waals surface area contributed by atoms with Gasteiger partial charge in [0.05, 0.1) is 0 Å². The van der Waals surface area contributed by atoms with Crippen LogP contribution < -0.4 is 15.6 Å². The molecule has 0 radical (unpaired) electrons. The lowest BCUT2D eigenvalue weighted by atomic mass is 10.1. The first-order chi connectivity index (χ1) is 14.6. The molecule has 0 aliphatic heterocycles. The molecule has 0 saturated carbocycles. The third kappa shape index (κ3) is 4.45. The van der Waals surface area contributed by atoms with E-state index >= 15 is 0 Å². The molecule has 30 heavy (non-hydrogen) atoms. The molecule has 1 amide bonds. The van der Waals surface area contributed by atoms with Gasteiger partial charge in [0.25, 0.3) is 11.5 Å². The summed E-state index contributed by atoms with van der Waals surface area (Å²) in [4.78, 5) is 29.7. The topological polar surface area (TPSA) is 96.5 Å². The molecule has 0 fully saturated rings. The van der Waals surface area contributed by atoms with Crippen LogP contribution in [0, 0.1) is 11.3 Å². The Bertz CT molecular complexity index is 1220. The lowest BCUT2D eigenvalue weighted by molar-refractivity contribution is -0.116. The molecule has 0 atom stereocenters. The number of nitrogens with one attached hydrogen (secondary N) is 1. The van der Waals surface area contributed by atoms with Gasteiger partial charge in [-0.1, -0.05) is 31.2 Å². The number of ether oxygens (including phenoxy) is 1. The van der Waals surface area contributed by atoms with Crippen LogP contribution in [-0.4, -0.2) is 21.8 Å². The molecule has 2 heterocycles. The van der Waals surface area contributed by atoms with Gasteiger partial charge in [0, 0.05) is 12.7 Å². The van der Waals surface area contributed by atoms with Gasteiger partial charge in [0.1, 0.15) is 28.6 Å². The zero-order chi connectivity index (χ0) is 21.5. The fourth-order valence-electron chi connectivity index (χ4n) is 2.74. The van der Waals surface area contributed by atoms with Crippen LogP contribution in [0.3, 0.4) is 0 Å². The van der Waals surface area contributed by atoms with E-state index in [4.69, 9.17) is 4.74 Å². The highest BCUT2D eigenvalue weighted by molar-refractivity contribution is 6.02. The molecular formula is C23H20N4O3. The highest BCUT2D eigenvalue weighted by atomic mass is 16.5. The number of carbonyl (C=O) groups is 1. The minimum atomic E-state index is -0.617. The van der Waals surface area contributed by atoms with E-state index in [9.17, 15) is 14.9 Å². The van der Waals surface area contributed by atoms with E-state index in [0.717, 1.165) is 12.0 Å². The van der Waals surface area contributed by atoms with Crippen molar-refractivity contribution in [3.8, 4) is 17.7 Å². The fourth-order valence-corrected chi connectivity index (χ4v) is 2.74. The second-order valence-corrected chi connectivity index (χ2v) is 6.33. The lowest BCUT2D eigenvalue weighted by Gasteiger charge is -2.10. The first-order valence-electron chi connectivity index (χ1n) is 9.36. The minimum Gasteiger partial charge on any atom is -0.438 e. The zero-order valence-corrected chi connectivity index (χ0v) is 16.5. The maximum absolute atomic E-state index is 13.1. The van der Waals surface area contributed by atoms with E-state index in [1.54, 1.807) is 36.5 Å². The minimum absolute atomic E-state index is 0.00331. The summed E-state index contributed by atoms with van der Waals surface area (Å²) in [7, 11) is 0. The number of fused-ring (bicyclic) bond motifs is 1. The van der Waals surface area contributed by atoms with E-state index in [1.807, 2.05) is 25.1 Å². The van der Waals surface area contributed by atoms with Gasteiger partial charge in [0.2, 0.25) is 5.88 Å². The molecule has 0 bridgehead atoms. The third-order valence-corrected chi connectivity index (χ3v) is 4.34. The Morgan fingerprint density at radius 3 is 2.73 bits per heavy atom. The molecule has 0 spiro atoms. The van der Waals surface area contributed by atoms with Crippen molar-refractivity contribution in [3.63, 3.8) is 0 Å². The predicted molar refractivity (Wildman–Crippen MR) is 114 cm³/mol. The van der Waals surface area contributed by atoms with Crippen LogP contribution in [0.25, 0.3) is 11.7 Å². The first kappa shape index (κ1) is 20.6. The predicted octanol–water partition coefficient (Wildman–Crippen LogP) is 3.26. The van der Waals surface area contributed by atoms with E-state index < -0.39 is 11.5 Å². The standard InChI is InChI=1S/C23H20N4O3/c1-3-12-25-21(28)17(15-24)14-19-22(30-18-10-8-16(4-2)9-11-18)26-20-7-5-6-13-27(20)23(19)29/h3,5-11,13-14H,1,4,12H2,2H3,(H,25,28). The van der Waals surface area contributed by atoms with Crippen molar-refractivity contribution < 1.29 is 9.53 Å². The van der Waals surface area contributed by atoms with Crippen molar-refractivity contribution >= 4 is 17.6 Å². The molecule has 2 aromatic heterocycles. The Kier molecular flexibility index (Phi) is 6.40. The molecule has 3 aromatic rings. The first-order valence-corrected chi connectivity index (χ1v) is 9.36. The van der Waals surface area contributed by atoms with Crippen LogP contribution in [0.15, 0.2) is 71.7 Å². The summed E-state index contributed by atoms with van der Waals surface area (Å²) in [6.45, 7) is 5.76. The van der Waals surface area contributed by atoms with Crippen LogP contribution >= 0.6 is 0 Å². The van der Waals surface area contributed by atoms with Gasteiger partial charge in [-0.15, -0.1) is 6.58 Å². The maximum atomic E-state index is 13.1. The fraction of sp³-hybridized carbons (Fsp3) is 0.130. The summed E-state index contributed by atoms with van der Waals surface area (Å²) in [5, 5.41) is 11.9. The van der Waals surface area contributed by atoms with Crippen molar-refractivity contribution in [2.45, 2.75) is 13.3 Å². The molecule has 0 unspecified atom stereocenters. The second kappa shape index (κ2) is 9.34. The number of amides is 1. The molecule has 3 rings (SSSR count). The van der Waals surface area contributed by atoms with Gasteiger partial charge in [-0.25, -0.2) is 0 Å². The zero-order valence-electron chi connectivity index (χ0n) is 16.5. The van der Waals surface area contributed by atoms with Gasteiger partial charge >= 0.3 is 0 Å². The average molecular weight is 400 g/mol. The number of hydrogen-bond acceptors (Lipinski definition) is 5. The number of carbonyl (C=O) groups excluding carboxylic acids is 1. The Labute approximate surface area is 173 Å². The van der Waals surface area contributed by atoms with Gasteiger partial charge in [-0.2, -0.15) is 10.2 Å².